The number of hydrogen-bond acceptors (Lipinski definition) is 5. The van der Waals surface area contributed by atoms with Crippen molar-refractivity contribution in [1.29, 1.82) is 0 Å². The van der Waals surface area contributed by atoms with Gasteiger partial charge in [-0.15, -0.1) is 0 Å². The lowest BCUT2D eigenvalue weighted by Gasteiger charge is -2.07. The number of furan rings is 1. The molecular weight excluding hydrogens is 391 g/mol. The lowest BCUT2D eigenvalue weighted by Crippen LogP contribution is -2.23. The third-order valence-electron chi connectivity index (χ3n) is 4.31. The van der Waals surface area contributed by atoms with Gasteiger partial charge in [-0.05, 0) is 60.3 Å². The number of nitrogens with zero attached hydrogens (tertiary/aromatic N) is 2. The van der Waals surface area contributed by atoms with Gasteiger partial charge < -0.3 is 9.15 Å². The normalized spacial score (nSPS) is 16.8. The third-order valence-corrected chi connectivity index (χ3v) is 5.37. The largest absolute Gasteiger partial charge is 0.497 e. The van der Waals surface area contributed by atoms with Crippen molar-refractivity contribution in [3.05, 3.63) is 77.1 Å². The Hall–Kier alpha value is -3.32. The Morgan fingerprint density at radius 1 is 1.14 bits per heavy atom. The average Bonchev–Trinajstić information content (AvgIpc) is 3.30. The maximum Gasteiger partial charge on any atom is 0.266 e. The molecule has 1 fully saturated rings. The van der Waals surface area contributed by atoms with E-state index in [9.17, 15) is 9.18 Å². The van der Waals surface area contributed by atoms with E-state index >= 15 is 0 Å². The number of halogens is 1. The fourth-order valence-corrected chi connectivity index (χ4v) is 3.74. The molecule has 0 unspecified atom stereocenters. The predicted octanol–water partition coefficient (Wildman–Crippen LogP) is 5.33. The van der Waals surface area contributed by atoms with E-state index in [2.05, 4.69) is 4.99 Å². The van der Waals surface area contributed by atoms with Crippen LogP contribution in [0.4, 0.5) is 10.1 Å². The number of ether oxygens (including phenoxy) is 1. The first-order valence-electron chi connectivity index (χ1n) is 8.79. The molecule has 1 aliphatic rings. The van der Waals surface area contributed by atoms with Crippen LogP contribution in [0.5, 0.6) is 5.75 Å². The summed E-state index contributed by atoms with van der Waals surface area (Å²) in [5.74, 6) is 1.30. The van der Waals surface area contributed by atoms with Crippen molar-refractivity contribution >= 4 is 34.6 Å². The molecule has 0 aliphatic carbocycles. The van der Waals surface area contributed by atoms with Crippen LogP contribution < -0.4 is 4.74 Å². The number of amides is 1. The van der Waals surface area contributed by atoms with Crippen molar-refractivity contribution in [2.75, 3.05) is 14.2 Å². The zero-order valence-corrected chi connectivity index (χ0v) is 16.6. The Morgan fingerprint density at radius 2 is 1.93 bits per heavy atom. The van der Waals surface area contributed by atoms with Crippen LogP contribution in [0.15, 0.2) is 75.0 Å². The first-order valence-corrected chi connectivity index (χ1v) is 9.61. The molecule has 0 saturated carbocycles. The van der Waals surface area contributed by atoms with E-state index < -0.39 is 0 Å². The molecule has 1 aliphatic heterocycles. The van der Waals surface area contributed by atoms with Crippen molar-refractivity contribution in [3.8, 4) is 17.1 Å². The smallest absolute Gasteiger partial charge is 0.266 e. The number of benzene rings is 2. The molecule has 1 saturated heterocycles. The van der Waals surface area contributed by atoms with Crippen LogP contribution in [-0.2, 0) is 4.79 Å². The van der Waals surface area contributed by atoms with Gasteiger partial charge in [0.1, 0.15) is 23.1 Å². The third kappa shape index (κ3) is 4.09. The van der Waals surface area contributed by atoms with Crippen molar-refractivity contribution in [2.45, 2.75) is 0 Å². The summed E-state index contributed by atoms with van der Waals surface area (Å²) in [4.78, 5) is 19.1. The Kier molecular flexibility index (Phi) is 5.22. The van der Waals surface area contributed by atoms with Crippen LogP contribution in [-0.4, -0.2) is 30.1 Å². The number of likely N-dealkylation sites (N-methyl/N-ethyl adjacent to an activating group) is 1. The van der Waals surface area contributed by atoms with Gasteiger partial charge in [0, 0.05) is 18.7 Å². The standard InChI is InChI=1S/C22H17FN2O3S/c1-25-21(26)20(29-22(25)24-16-6-8-17(27-2)9-7-16)13-18-10-11-19(28-18)14-4-3-5-15(23)12-14/h3-13H,1-2H3/b20-13-,24-22?. The Balaban J connectivity index is 1.57. The number of carbonyl (C=O) groups excluding carboxylic acids is 1. The summed E-state index contributed by atoms with van der Waals surface area (Å²) in [6, 6.07) is 16.9. The zero-order valence-electron chi connectivity index (χ0n) is 15.8. The van der Waals surface area contributed by atoms with Gasteiger partial charge in [0.05, 0.1) is 17.7 Å². The highest BCUT2D eigenvalue weighted by atomic mass is 32.2. The molecular formula is C22H17FN2O3S. The van der Waals surface area contributed by atoms with Crippen molar-refractivity contribution in [3.63, 3.8) is 0 Å². The summed E-state index contributed by atoms with van der Waals surface area (Å²) in [5, 5.41) is 0.573. The molecule has 1 amide bonds. The number of amidine groups is 1. The maximum absolute atomic E-state index is 13.4. The number of aliphatic imine (C=N–C) groups is 1. The molecule has 2 heterocycles. The van der Waals surface area contributed by atoms with Crippen molar-refractivity contribution in [1.82, 2.24) is 4.90 Å². The molecule has 0 N–H and O–H groups in total. The zero-order chi connectivity index (χ0) is 20.4. The van der Waals surface area contributed by atoms with E-state index in [1.54, 1.807) is 44.5 Å². The van der Waals surface area contributed by atoms with E-state index in [1.807, 2.05) is 24.3 Å². The highest BCUT2D eigenvalue weighted by molar-refractivity contribution is 8.18. The fraction of sp³-hybridized carbons (Fsp3) is 0.0909. The van der Waals surface area contributed by atoms with Gasteiger partial charge in [0.2, 0.25) is 0 Å². The maximum atomic E-state index is 13.4. The first-order chi connectivity index (χ1) is 14.0. The quantitative estimate of drug-likeness (QED) is 0.548. The van der Waals surface area contributed by atoms with Crippen LogP contribution in [0, 0.1) is 5.82 Å². The van der Waals surface area contributed by atoms with E-state index in [4.69, 9.17) is 9.15 Å². The molecule has 0 spiro atoms. The fourth-order valence-electron chi connectivity index (χ4n) is 2.78. The molecule has 146 valence electrons. The van der Waals surface area contributed by atoms with Gasteiger partial charge >= 0.3 is 0 Å². The summed E-state index contributed by atoms with van der Waals surface area (Å²) in [5.41, 5.74) is 1.36. The lowest BCUT2D eigenvalue weighted by atomic mass is 10.2. The molecule has 0 atom stereocenters. The molecule has 0 radical (unpaired) electrons. The summed E-state index contributed by atoms with van der Waals surface area (Å²) >= 11 is 1.27. The monoisotopic (exact) mass is 408 g/mol. The second-order valence-corrected chi connectivity index (χ2v) is 7.29. The molecule has 0 bridgehead atoms. The summed E-state index contributed by atoms with van der Waals surface area (Å²) in [6.07, 6.45) is 1.67. The molecule has 4 rings (SSSR count). The number of rotatable bonds is 4. The van der Waals surface area contributed by atoms with E-state index in [0.717, 1.165) is 11.4 Å². The lowest BCUT2D eigenvalue weighted by molar-refractivity contribution is -0.121. The van der Waals surface area contributed by atoms with Gasteiger partial charge in [-0.25, -0.2) is 9.38 Å². The van der Waals surface area contributed by atoms with E-state index in [1.165, 1.54) is 28.8 Å². The molecule has 3 aromatic rings. The average molecular weight is 408 g/mol. The predicted molar refractivity (Wildman–Crippen MR) is 113 cm³/mol. The minimum absolute atomic E-state index is 0.161. The van der Waals surface area contributed by atoms with Crippen LogP contribution in [0.3, 0.4) is 0 Å². The molecule has 1 aromatic heterocycles. The molecule has 7 heteroatoms. The number of thioether (sulfide) groups is 1. The minimum Gasteiger partial charge on any atom is -0.497 e. The Morgan fingerprint density at radius 3 is 2.66 bits per heavy atom. The highest BCUT2D eigenvalue weighted by Crippen LogP contribution is 2.34. The van der Waals surface area contributed by atoms with Gasteiger partial charge in [0.15, 0.2) is 5.17 Å². The Labute approximate surface area is 171 Å². The summed E-state index contributed by atoms with van der Waals surface area (Å²) in [7, 11) is 3.28. The van der Waals surface area contributed by atoms with Crippen LogP contribution in [0.2, 0.25) is 0 Å². The molecule has 29 heavy (non-hydrogen) atoms. The highest BCUT2D eigenvalue weighted by Gasteiger charge is 2.30. The minimum atomic E-state index is -0.332. The Bertz CT molecular complexity index is 1120. The van der Waals surface area contributed by atoms with Crippen LogP contribution in [0.1, 0.15) is 5.76 Å². The second kappa shape index (κ2) is 7.97. The van der Waals surface area contributed by atoms with Gasteiger partial charge in [-0.3, -0.25) is 9.69 Å². The summed E-state index contributed by atoms with van der Waals surface area (Å²) < 4.78 is 24.3. The summed E-state index contributed by atoms with van der Waals surface area (Å²) in [6.45, 7) is 0. The second-order valence-electron chi connectivity index (χ2n) is 6.28. The van der Waals surface area contributed by atoms with Gasteiger partial charge in [0.25, 0.3) is 5.91 Å². The van der Waals surface area contributed by atoms with Crippen LogP contribution >= 0.6 is 11.8 Å². The molecule has 2 aromatic carbocycles. The van der Waals surface area contributed by atoms with Crippen molar-refractivity contribution < 1.29 is 18.3 Å². The van der Waals surface area contributed by atoms with Crippen molar-refractivity contribution in [2.24, 2.45) is 4.99 Å². The number of carbonyl (C=O) groups is 1. The number of methoxy groups -OCH3 is 1. The number of hydrogen-bond donors (Lipinski definition) is 0. The molecule has 5 nitrogen and oxygen atoms in total. The first kappa shape index (κ1) is 19.0. The van der Waals surface area contributed by atoms with Gasteiger partial charge in [-0.2, -0.15) is 0 Å². The van der Waals surface area contributed by atoms with Gasteiger partial charge in [-0.1, -0.05) is 12.1 Å². The van der Waals surface area contributed by atoms with E-state index in [-0.39, 0.29) is 11.7 Å². The van der Waals surface area contributed by atoms with E-state index in [0.29, 0.717) is 27.2 Å². The van der Waals surface area contributed by atoms with Crippen LogP contribution in [0.25, 0.3) is 17.4 Å². The topological polar surface area (TPSA) is 55.0 Å². The SMILES string of the molecule is COc1ccc(N=C2S/C(=C\c3ccc(-c4cccc(F)c4)o3)C(=O)N2C)cc1.